The van der Waals surface area contributed by atoms with Crippen molar-refractivity contribution >= 4 is 129 Å². The van der Waals surface area contributed by atoms with Crippen molar-refractivity contribution in [3.63, 3.8) is 0 Å². The van der Waals surface area contributed by atoms with Crippen LogP contribution >= 0.6 is 0 Å². The summed E-state index contributed by atoms with van der Waals surface area (Å²) in [5, 5.41) is 37.0. The maximum absolute atomic E-state index is 2.73. The van der Waals surface area contributed by atoms with Crippen molar-refractivity contribution in [2.24, 2.45) is 0 Å². The number of hydrogen-bond donors (Lipinski definition) is 0. The average Bonchev–Trinajstić information content (AvgIpc) is 1.26. The molecule has 402 valence electrons. The lowest BCUT2D eigenvalue weighted by Gasteiger charge is -2.30. The van der Waals surface area contributed by atoms with Crippen molar-refractivity contribution in [2.45, 2.75) is 234 Å². The molecule has 0 heteroatoms. The van der Waals surface area contributed by atoms with Crippen molar-refractivity contribution < 1.29 is 0 Å². The molecule has 0 aliphatic carbocycles. The first kappa shape index (κ1) is 51.9. The molecule has 0 unspecified atom stereocenters. The molecule has 0 amide bonds. The van der Waals surface area contributed by atoms with Crippen LogP contribution in [0, 0.1) is 0 Å². The molecule has 0 bridgehead atoms. The van der Waals surface area contributed by atoms with Crippen LogP contribution < -0.4 is 0 Å². The maximum Gasteiger partial charge on any atom is -0.0000472 e. The van der Waals surface area contributed by atoms with Gasteiger partial charge in [-0.3, -0.25) is 0 Å². The lowest BCUT2D eigenvalue weighted by molar-refractivity contribution is 0.667. The molecule has 13 aromatic carbocycles. The number of fused-ring (bicyclic) bond motifs is 6. The maximum atomic E-state index is 2.73. The van der Waals surface area contributed by atoms with Crippen LogP contribution in [0.5, 0.6) is 0 Å². The molecule has 0 aliphatic heterocycles. The standard InChI is InChI=1S/C78H90/c1-7-13-19-25-31-49-37-55-57-39-50(32-26-20-14-8-2)41-59-61-43-52(34-28-22-16-10-4)45-63-65-47-54(36-30-24-18-12-6)48-66-64-46-53(35-29-23-17-11-5)44-62-60-42-51(33-27-21-15-9-3)40-58-56(38-49)67(55)73-74(68(57)59)76(70(61)63)78(72(65)66)77(71(62)64)75(73)69(58)60/h37-48H,7-36H2,1-6H3. The number of benzene rings is 13. The summed E-state index contributed by atoms with van der Waals surface area (Å²) >= 11 is 0. The fourth-order valence-corrected chi connectivity index (χ4v) is 16.0. The topological polar surface area (TPSA) is 0 Å². The lowest BCUT2D eigenvalue weighted by atomic mass is 9.72. The van der Waals surface area contributed by atoms with Gasteiger partial charge >= 0.3 is 0 Å². The van der Waals surface area contributed by atoms with Crippen LogP contribution in [-0.2, 0) is 38.5 Å². The van der Waals surface area contributed by atoms with E-state index in [-0.39, 0.29) is 0 Å². The summed E-state index contributed by atoms with van der Waals surface area (Å²) in [6.07, 6.45) is 37.8. The Morgan fingerprint density at radius 2 is 0.282 bits per heavy atom. The van der Waals surface area contributed by atoms with E-state index in [9.17, 15) is 0 Å². The Morgan fingerprint density at radius 1 is 0.154 bits per heavy atom. The number of unbranched alkanes of at least 4 members (excludes halogenated alkanes) is 18. The van der Waals surface area contributed by atoms with E-state index in [2.05, 4.69) is 114 Å². The largest absolute Gasteiger partial charge is 0.0654 e. The van der Waals surface area contributed by atoms with Crippen molar-refractivity contribution in [3.8, 4) is 0 Å². The molecule has 0 aromatic heterocycles. The Labute approximate surface area is 467 Å². The highest BCUT2D eigenvalue weighted by Gasteiger charge is 2.33. The van der Waals surface area contributed by atoms with Crippen LogP contribution in [0.15, 0.2) is 72.8 Å². The van der Waals surface area contributed by atoms with E-state index in [0.29, 0.717) is 0 Å². The third-order valence-electron chi connectivity index (χ3n) is 19.8. The summed E-state index contributed by atoms with van der Waals surface area (Å²) in [7, 11) is 0. The summed E-state index contributed by atoms with van der Waals surface area (Å²) in [5.41, 5.74) is 9.25. The Balaban J connectivity index is 1.26. The van der Waals surface area contributed by atoms with Gasteiger partial charge in [0.05, 0.1) is 0 Å². The molecule has 0 nitrogen and oxygen atoms in total. The zero-order valence-electron chi connectivity index (χ0n) is 49.1. The highest BCUT2D eigenvalue weighted by atomic mass is 14.3. The summed E-state index contributed by atoms with van der Waals surface area (Å²) in [4.78, 5) is 0. The van der Waals surface area contributed by atoms with Crippen molar-refractivity contribution in [1.29, 1.82) is 0 Å². The Bertz CT molecular complexity index is 3260. The van der Waals surface area contributed by atoms with Gasteiger partial charge in [-0.05, 0) is 240 Å². The van der Waals surface area contributed by atoms with Gasteiger partial charge in [0.15, 0.2) is 0 Å². The predicted octanol–water partition coefficient (Wildman–Crippen LogP) is 24.9. The zero-order valence-corrected chi connectivity index (χ0v) is 49.1. The molecule has 78 heavy (non-hydrogen) atoms. The fraction of sp³-hybridized carbons (Fsp3) is 0.462. The van der Waals surface area contributed by atoms with Crippen LogP contribution in [0.4, 0.5) is 0 Å². The fourth-order valence-electron chi connectivity index (χ4n) is 16.0. The molecule has 0 atom stereocenters. The number of aryl methyl sites for hydroxylation is 6. The summed E-state index contributed by atoms with van der Waals surface area (Å²) in [6.45, 7) is 14.2. The zero-order chi connectivity index (χ0) is 53.0. The van der Waals surface area contributed by atoms with E-state index < -0.39 is 0 Å². The monoisotopic (exact) mass is 1030 g/mol. The quantitative estimate of drug-likeness (QED) is 0.0239. The highest BCUT2D eigenvalue weighted by Crippen LogP contribution is 2.61. The van der Waals surface area contributed by atoms with Crippen molar-refractivity contribution in [1.82, 2.24) is 0 Å². The minimum atomic E-state index is 1.15. The van der Waals surface area contributed by atoms with Gasteiger partial charge in [-0.2, -0.15) is 0 Å². The minimum absolute atomic E-state index is 1.15. The first-order chi connectivity index (χ1) is 38.5. The first-order valence-corrected chi connectivity index (χ1v) is 32.8. The molecule has 13 aromatic rings. The Morgan fingerprint density at radius 3 is 0.397 bits per heavy atom. The molecular weight excluding hydrogens is 937 g/mol. The first-order valence-electron chi connectivity index (χ1n) is 32.8. The molecule has 0 fully saturated rings. The third kappa shape index (κ3) is 8.65. The van der Waals surface area contributed by atoms with E-state index in [1.54, 1.807) is 98.0 Å². The van der Waals surface area contributed by atoms with E-state index >= 15 is 0 Å². The molecule has 0 saturated carbocycles. The smallest absolute Gasteiger partial charge is 0.0000472 e. The summed E-state index contributed by atoms with van der Waals surface area (Å²) in [6, 6.07) is 32.8. The van der Waals surface area contributed by atoms with Gasteiger partial charge in [0, 0.05) is 0 Å². The molecule has 13 rings (SSSR count). The second-order valence-electron chi connectivity index (χ2n) is 25.5. The van der Waals surface area contributed by atoms with Crippen LogP contribution in [0.3, 0.4) is 0 Å². The van der Waals surface area contributed by atoms with Crippen LogP contribution in [-0.4, -0.2) is 0 Å². The van der Waals surface area contributed by atoms with E-state index in [1.165, 1.54) is 219 Å². The Kier molecular flexibility index (Phi) is 14.8. The van der Waals surface area contributed by atoms with Gasteiger partial charge in [0.25, 0.3) is 0 Å². The molecule has 0 spiro atoms. The molecule has 0 heterocycles. The molecular formula is C78H90. The summed E-state index contributed by atoms with van der Waals surface area (Å²) in [5.74, 6) is 0. The summed E-state index contributed by atoms with van der Waals surface area (Å²) < 4.78 is 0. The average molecular weight is 1030 g/mol. The number of hydrogen-bond acceptors (Lipinski definition) is 0. The van der Waals surface area contributed by atoms with Gasteiger partial charge in [0.2, 0.25) is 0 Å². The van der Waals surface area contributed by atoms with Gasteiger partial charge in [0.1, 0.15) is 0 Å². The highest BCUT2D eigenvalue weighted by molar-refractivity contribution is 6.61. The van der Waals surface area contributed by atoms with Gasteiger partial charge < -0.3 is 0 Å². The van der Waals surface area contributed by atoms with Gasteiger partial charge in [-0.15, -0.1) is 0 Å². The molecule has 0 aliphatic rings. The van der Waals surface area contributed by atoms with E-state index in [0.717, 1.165) is 38.5 Å². The molecule has 0 saturated heterocycles. The van der Waals surface area contributed by atoms with Crippen LogP contribution in [0.1, 0.15) is 229 Å². The second-order valence-corrected chi connectivity index (χ2v) is 25.5. The van der Waals surface area contributed by atoms with Crippen molar-refractivity contribution in [3.05, 3.63) is 106 Å². The normalized spacial score (nSPS) is 13.0. The minimum Gasteiger partial charge on any atom is -0.0654 e. The molecule has 0 N–H and O–H groups in total. The Hall–Kier alpha value is -5.46. The van der Waals surface area contributed by atoms with E-state index in [1.807, 2.05) is 0 Å². The third-order valence-corrected chi connectivity index (χ3v) is 19.8. The van der Waals surface area contributed by atoms with Crippen LogP contribution in [0.2, 0.25) is 0 Å². The predicted molar refractivity (Wildman–Crippen MR) is 351 cm³/mol. The number of rotatable bonds is 30. The second kappa shape index (κ2) is 22.2. The van der Waals surface area contributed by atoms with Gasteiger partial charge in [-0.25, -0.2) is 0 Å². The van der Waals surface area contributed by atoms with E-state index in [4.69, 9.17) is 0 Å². The van der Waals surface area contributed by atoms with Gasteiger partial charge in [-0.1, -0.05) is 230 Å². The lowest BCUT2D eigenvalue weighted by Crippen LogP contribution is -2.03. The molecule has 0 radical (unpaired) electrons. The SMILES string of the molecule is CCCCCCc1cc2c3cc(CCCCCC)cc4c5cc(CCCCCC)cc6c7cc(CCCCCC)cc8c9cc(CCCCCC)cc%10c%11cc(CCCCCC)cc%12c(c1)c2c1c(c34)c(c56)c(c78)c(c%109)c1c%12%11. The van der Waals surface area contributed by atoms with Crippen molar-refractivity contribution in [2.75, 3.05) is 0 Å². The van der Waals surface area contributed by atoms with Crippen LogP contribution in [0.25, 0.3) is 129 Å².